The Labute approximate surface area is 122 Å². The summed E-state index contributed by atoms with van der Waals surface area (Å²) in [6.45, 7) is 1.70. The molecule has 1 aromatic carbocycles. The molecule has 0 atom stereocenters. The molecule has 9 heteroatoms. The molecule has 102 valence electrons. The van der Waals surface area contributed by atoms with Crippen LogP contribution in [0.4, 0.5) is 5.69 Å². The molecule has 0 aliphatic carbocycles. The Morgan fingerprint density at radius 2 is 2.30 bits per heavy atom. The summed E-state index contributed by atoms with van der Waals surface area (Å²) in [5.74, 6) is 0.507. The van der Waals surface area contributed by atoms with E-state index in [0.717, 1.165) is 17.2 Å². The van der Waals surface area contributed by atoms with Gasteiger partial charge >= 0.3 is 0 Å². The van der Waals surface area contributed by atoms with Crippen molar-refractivity contribution in [3.05, 3.63) is 24.1 Å². The summed E-state index contributed by atoms with van der Waals surface area (Å²) >= 11 is 2.31. The third kappa shape index (κ3) is 2.78. The van der Waals surface area contributed by atoms with Crippen molar-refractivity contribution in [3.63, 3.8) is 0 Å². The summed E-state index contributed by atoms with van der Waals surface area (Å²) in [6, 6.07) is 5.47. The summed E-state index contributed by atoms with van der Waals surface area (Å²) in [6.07, 6.45) is 0. The minimum Gasteiger partial charge on any atom is -0.416 e. The van der Waals surface area contributed by atoms with E-state index in [1.807, 2.05) is 12.1 Å². The van der Waals surface area contributed by atoms with Crippen molar-refractivity contribution in [1.29, 1.82) is 0 Å². The second kappa shape index (κ2) is 5.55. The molecule has 0 aliphatic rings. The number of aryl methyl sites for hydroxylation is 1. The molecular formula is C11H9N5O2S2. The van der Waals surface area contributed by atoms with Crippen LogP contribution in [0.5, 0.6) is 0 Å². The molecule has 7 nitrogen and oxygen atoms in total. The molecule has 2 heterocycles. The number of rotatable bonds is 4. The van der Waals surface area contributed by atoms with Gasteiger partial charge in [0, 0.05) is 6.92 Å². The number of carbonyl (C=O) groups excluding carboxylic acids is 1. The monoisotopic (exact) mass is 307 g/mol. The molecule has 0 radical (unpaired) electrons. The lowest BCUT2D eigenvalue weighted by Gasteiger charge is -2.03. The fourth-order valence-corrected chi connectivity index (χ4v) is 2.71. The fourth-order valence-electron chi connectivity index (χ4n) is 1.56. The van der Waals surface area contributed by atoms with Crippen molar-refractivity contribution in [2.45, 2.75) is 12.1 Å². The van der Waals surface area contributed by atoms with Crippen molar-refractivity contribution in [3.8, 4) is 0 Å². The van der Waals surface area contributed by atoms with E-state index in [1.54, 1.807) is 13.0 Å². The van der Waals surface area contributed by atoms with Gasteiger partial charge in [0.05, 0.1) is 23.2 Å². The van der Waals surface area contributed by atoms with E-state index in [0.29, 0.717) is 22.3 Å². The van der Waals surface area contributed by atoms with Gasteiger partial charge in [-0.1, -0.05) is 17.8 Å². The lowest BCUT2D eigenvalue weighted by atomic mass is 10.2. The molecule has 0 saturated carbocycles. The van der Waals surface area contributed by atoms with Gasteiger partial charge in [-0.3, -0.25) is 4.79 Å². The largest absolute Gasteiger partial charge is 0.416 e. The van der Waals surface area contributed by atoms with Crippen LogP contribution in [0.2, 0.25) is 0 Å². The molecule has 3 rings (SSSR count). The highest BCUT2D eigenvalue weighted by molar-refractivity contribution is 7.99. The molecule has 0 fully saturated rings. The van der Waals surface area contributed by atoms with Gasteiger partial charge in [0.1, 0.15) is 11.0 Å². The van der Waals surface area contributed by atoms with Crippen LogP contribution in [0.3, 0.4) is 0 Å². The first kappa shape index (κ1) is 13.0. The topological polar surface area (TPSA) is 93.8 Å². The Morgan fingerprint density at radius 3 is 3.10 bits per heavy atom. The average Bonchev–Trinajstić information content (AvgIpc) is 3.05. The molecule has 1 N–H and O–H groups in total. The molecule has 0 spiro atoms. The minimum atomic E-state index is -0.161. The van der Waals surface area contributed by atoms with E-state index in [1.165, 1.54) is 11.8 Å². The number of fused-ring (bicyclic) bond motifs is 1. The summed E-state index contributed by atoms with van der Waals surface area (Å²) in [5, 5.41) is 10.7. The van der Waals surface area contributed by atoms with E-state index in [2.05, 4.69) is 24.3 Å². The number of aromatic nitrogens is 4. The van der Waals surface area contributed by atoms with E-state index in [9.17, 15) is 4.79 Å². The lowest BCUT2D eigenvalue weighted by molar-refractivity contribution is -0.113. The van der Waals surface area contributed by atoms with E-state index in [-0.39, 0.29) is 11.7 Å². The van der Waals surface area contributed by atoms with Crippen molar-refractivity contribution >= 4 is 46.1 Å². The number of hydrogen-bond donors (Lipinski definition) is 1. The Balaban J connectivity index is 1.65. The van der Waals surface area contributed by atoms with Crippen LogP contribution in [0, 0.1) is 6.92 Å². The van der Waals surface area contributed by atoms with Crippen LogP contribution in [-0.4, -0.2) is 30.6 Å². The third-order valence-corrected chi connectivity index (χ3v) is 3.76. The summed E-state index contributed by atoms with van der Waals surface area (Å²) < 4.78 is 13.5. The van der Waals surface area contributed by atoms with Crippen LogP contribution in [0.1, 0.15) is 5.89 Å². The number of hydrogen-bond acceptors (Lipinski definition) is 8. The number of amides is 1. The smallest absolute Gasteiger partial charge is 0.277 e. The zero-order chi connectivity index (χ0) is 13.9. The van der Waals surface area contributed by atoms with E-state index >= 15 is 0 Å². The SMILES string of the molecule is Cc1nnc(SCC(=O)Nc2cccc3nsnc23)o1. The highest BCUT2D eigenvalue weighted by Crippen LogP contribution is 2.22. The Hall–Kier alpha value is -2.00. The zero-order valence-electron chi connectivity index (χ0n) is 10.4. The molecule has 0 unspecified atom stereocenters. The normalized spacial score (nSPS) is 10.8. The van der Waals surface area contributed by atoms with Gasteiger partial charge in [-0.25, -0.2) is 0 Å². The van der Waals surface area contributed by atoms with Gasteiger partial charge in [-0.05, 0) is 12.1 Å². The number of nitrogens with one attached hydrogen (secondary N) is 1. The van der Waals surface area contributed by atoms with Gasteiger partial charge in [-0.2, -0.15) is 8.75 Å². The Kier molecular flexibility index (Phi) is 3.61. The maximum absolute atomic E-state index is 11.9. The van der Waals surface area contributed by atoms with Gasteiger partial charge in [0.25, 0.3) is 5.22 Å². The molecule has 2 aromatic heterocycles. The number of benzene rings is 1. The Morgan fingerprint density at radius 1 is 1.40 bits per heavy atom. The molecule has 1 amide bonds. The molecule has 20 heavy (non-hydrogen) atoms. The van der Waals surface area contributed by atoms with Gasteiger partial charge in [0.2, 0.25) is 11.8 Å². The second-order valence-electron chi connectivity index (χ2n) is 3.86. The number of nitrogens with zero attached hydrogens (tertiary/aromatic N) is 4. The summed E-state index contributed by atoms with van der Waals surface area (Å²) in [7, 11) is 0. The standard InChI is InChI=1S/C11H9N5O2S2/c1-6-13-14-11(18-6)19-5-9(17)12-7-3-2-4-8-10(7)16-20-15-8/h2-4H,5H2,1H3,(H,12,17). The summed E-state index contributed by atoms with van der Waals surface area (Å²) in [5.41, 5.74) is 2.13. The maximum Gasteiger partial charge on any atom is 0.277 e. The predicted molar refractivity (Wildman–Crippen MR) is 75.8 cm³/mol. The van der Waals surface area contributed by atoms with Crippen molar-refractivity contribution in [2.24, 2.45) is 0 Å². The first-order valence-electron chi connectivity index (χ1n) is 5.66. The Bertz CT molecular complexity index is 754. The third-order valence-electron chi connectivity index (χ3n) is 2.39. The molecule has 3 aromatic rings. The number of anilines is 1. The average molecular weight is 307 g/mol. The predicted octanol–water partition coefficient (Wildman–Crippen LogP) is 2.11. The number of carbonyl (C=O) groups is 1. The van der Waals surface area contributed by atoms with E-state index < -0.39 is 0 Å². The van der Waals surface area contributed by atoms with Crippen LogP contribution < -0.4 is 5.32 Å². The highest BCUT2D eigenvalue weighted by atomic mass is 32.2. The van der Waals surface area contributed by atoms with E-state index in [4.69, 9.17) is 4.42 Å². The van der Waals surface area contributed by atoms with Gasteiger partial charge < -0.3 is 9.73 Å². The highest BCUT2D eigenvalue weighted by Gasteiger charge is 2.11. The van der Waals surface area contributed by atoms with Gasteiger partial charge in [-0.15, -0.1) is 10.2 Å². The number of thioether (sulfide) groups is 1. The van der Waals surface area contributed by atoms with Crippen LogP contribution >= 0.6 is 23.5 Å². The first-order chi connectivity index (χ1) is 9.72. The fraction of sp³-hybridized carbons (Fsp3) is 0.182. The van der Waals surface area contributed by atoms with Crippen molar-refractivity contribution < 1.29 is 9.21 Å². The zero-order valence-corrected chi connectivity index (χ0v) is 12.0. The molecule has 0 bridgehead atoms. The molecule has 0 saturated heterocycles. The van der Waals surface area contributed by atoms with Crippen LogP contribution in [-0.2, 0) is 4.79 Å². The maximum atomic E-state index is 11.9. The second-order valence-corrected chi connectivity index (χ2v) is 5.32. The quantitative estimate of drug-likeness (QED) is 0.738. The minimum absolute atomic E-state index is 0.161. The van der Waals surface area contributed by atoms with Crippen LogP contribution in [0.15, 0.2) is 27.8 Å². The van der Waals surface area contributed by atoms with Crippen molar-refractivity contribution in [2.75, 3.05) is 11.1 Å². The van der Waals surface area contributed by atoms with Crippen molar-refractivity contribution in [1.82, 2.24) is 18.9 Å². The molecule has 0 aliphatic heterocycles. The first-order valence-corrected chi connectivity index (χ1v) is 7.38. The van der Waals surface area contributed by atoms with Gasteiger partial charge in [0.15, 0.2) is 0 Å². The lowest BCUT2D eigenvalue weighted by Crippen LogP contribution is -2.14. The molecular weight excluding hydrogens is 298 g/mol. The summed E-state index contributed by atoms with van der Waals surface area (Å²) in [4.78, 5) is 11.9. The van der Waals surface area contributed by atoms with Crippen LogP contribution in [0.25, 0.3) is 11.0 Å².